The topological polar surface area (TPSA) is 82.2 Å². The Morgan fingerprint density at radius 2 is 2.38 bits per heavy atom. The zero-order chi connectivity index (χ0) is 12.1. The lowest BCUT2D eigenvalue weighted by Crippen LogP contribution is -2.25. The second kappa shape index (κ2) is 5.97. The number of aryl methyl sites for hydroxylation is 2. The van der Waals surface area contributed by atoms with Crippen molar-refractivity contribution < 1.29 is 9.63 Å². The van der Waals surface area contributed by atoms with Crippen molar-refractivity contribution in [2.75, 3.05) is 6.61 Å². The maximum absolute atomic E-state index is 10.4. The number of nitrogens with one attached hydrogen (secondary N) is 1. The van der Waals surface area contributed by atoms with Gasteiger partial charge in [-0.15, -0.1) is 0 Å². The van der Waals surface area contributed by atoms with E-state index in [1.54, 1.807) is 4.68 Å². The van der Waals surface area contributed by atoms with Crippen LogP contribution in [0.5, 0.6) is 0 Å². The number of nitrogens with two attached hydrogens (primary N) is 1. The Hall–Kier alpha value is -0.920. The number of amides is 1. The molecular weight excluding hydrogens is 276 g/mol. The van der Waals surface area contributed by atoms with Crippen LogP contribution in [0.15, 0.2) is 4.47 Å². The highest BCUT2D eigenvalue weighted by Gasteiger charge is 2.11. The molecule has 0 unspecified atom stereocenters. The lowest BCUT2D eigenvalue weighted by Gasteiger charge is -2.05. The van der Waals surface area contributed by atoms with Gasteiger partial charge in [0.25, 0.3) is 0 Å². The summed E-state index contributed by atoms with van der Waals surface area (Å²) in [6.07, 6.45) is 0.858. The molecule has 0 atom stereocenters. The molecule has 1 heterocycles. The molecule has 1 rings (SSSR count). The average molecular weight is 291 g/mol. The number of hydrogen-bond donors (Lipinski definition) is 2. The van der Waals surface area contributed by atoms with E-state index in [1.165, 1.54) is 0 Å². The van der Waals surface area contributed by atoms with Crippen LogP contribution in [-0.4, -0.2) is 22.3 Å². The number of hydrogen-bond acceptors (Lipinski definition) is 4. The van der Waals surface area contributed by atoms with Gasteiger partial charge in [-0.3, -0.25) is 14.3 Å². The average Bonchev–Trinajstić information content (AvgIpc) is 2.50. The van der Waals surface area contributed by atoms with E-state index in [4.69, 9.17) is 10.6 Å². The third-order valence-corrected chi connectivity index (χ3v) is 2.97. The van der Waals surface area contributed by atoms with E-state index in [-0.39, 0.29) is 6.61 Å². The predicted molar refractivity (Wildman–Crippen MR) is 62.3 cm³/mol. The van der Waals surface area contributed by atoms with E-state index in [9.17, 15) is 4.79 Å². The number of halogens is 1. The summed E-state index contributed by atoms with van der Waals surface area (Å²) >= 11 is 3.47. The Balaban J connectivity index is 2.53. The van der Waals surface area contributed by atoms with Crippen LogP contribution in [0.1, 0.15) is 18.3 Å². The molecule has 0 aliphatic rings. The summed E-state index contributed by atoms with van der Waals surface area (Å²) in [5, 5.41) is 4.33. The standard InChI is InChI=1S/C9H15BrN4O2/c1-3-6-9(10)7(14(2)13-6)4-12-16-5-8(11)15/h12H,3-5H2,1-2H3,(H2,11,15). The zero-order valence-electron chi connectivity index (χ0n) is 9.29. The monoisotopic (exact) mass is 290 g/mol. The Kier molecular flexibility index (Phi) is 4.91. The molecular formula is C9H15BrN4O2. The number of nitrogens with zero attached hydrogens (tertiary/aromatic N) is 2. The van der Waals surface area contributed by atoms with Crippen molar-refractivity contribution in [1.82, 2.24) is 15.3 Å². The predicted octanol–water partition coefficient (Wildman–Crippen LogP) is 0.252. The van der Waals surface area contributed by atoms with Gasteiger partial charge in [0.1, 0.15) is 6.61 Å². The van der Waals surface area contributed by atoms with Crippen molar-refractivity contribution in [3.63, 3.8) is 0 Å². The normalized spacial score (nSPS) is 10.7. The van der Waals surface area contributed by atoms with Crippen molar-refractivity contribution in [3.05, 3.63) is 15.9 Å². The first-order valence-electron chi connectivity index (χ1n) is 4.89. The van der Waals surface area contributed by atoms with Gasteiger partial charge in [0.2, 0.25) is 5.91 Å². The summed E-state index contributed by atoms with van der Waals surface area (Å²) < 4.78 is 2.73. The molecule has 7 heteroatoms. The molecule has 0 saturated carbocycles. The van der Waals surface area contributed by atoms with Gasteiger partial charge < -0.3 is 5.73 Å². The molecule has 0 saturated heterocycles. The molecule has 0 bridgehead atoms. The smallest absolute Gasteiger partial charge is 0.245 e. The minimum Gasteiger partial charge on any atom is -0.368 e. The van der Waals surface area contributed by atoms with Gasteiger partial charge in [-0.05, 0) is 22.4 Å². The Bertz CT molecular complexity index is 378. The van der Waals surface area contributed by atoms with E-state index in [0.717, 1.165) is 22.3 Å². The van der Waals surface area contributed by atoms with Crippen LogP contribution >= 0.6 is 15.9 Å². The number of carbonyl (C=O) groups is 1. The fourth-order valence-electron chi connectivity index (χ4n) is 1.25. The lowest BCUT2D eigenvalue weighted by molar-refractivity contribution is -0.125. The van der Waals surface area contributed by atoms with E-state index in [1.807, 2.05) is 14.0 Å². The summed E-state index contributed by atoms with van der Waals surface area (Å²) in [6, 6.07) is 0. The van der Waals surface area contributed by atoms with Crippen molar-refractivity contribution in [2.45, 2.75) is 19.9 Å². The lowest BCUT2D eigenvalue weighted by atomic mass is 10.3. The Morgan fingerprint density at radius 3 is 2.88 bits per heavy atom. The first kappa shape index (κ1) is 13.1. The maximum atomic E-state index is 10.4. The van der Waals surface area contributed by atoms with Gasteiger partial charge in [0, 0.05) is 7.05 Å². The number of hydroxylamine groups is 1. The third-order valence-electron chi connectivity index (χ3n) is 2.06. The second-order valence-corrected chi connectivity index (χ2v) is 4.05. The molecule has 1 amide bonds. The number of primary amides is 1. The van der Waals surface area contributed by atoms with Crippen molar-refractivity contribution >= 4 is 21.8 Å². The number of aromatic nitrogens is 2. The van der Waals surface area contributed by atoms with Crippen molar-refractivity contribution in [1.29, 1.82) is 0 Å². The van der Waals surface area contributed by atoms with Gasteiger partial charge in [-0.25, -0.2) is 0 Å². The molecule has 0 aliphatic carbocycles. The van der Waals surface area contributed by atoms with Crippen LogP contribution in [0.4, 0.5) is 0 Å². The zero-order valence-corrected chi connectivity index (χ0v) is 10.9. The molecule has 90 valence electrons. The number of rotatable bonds is 6. The third kappa shape index (κ3) is 3.29. The van der Waals surface area contributed by atoms with Crippen LogP contribution < -0.4 is 11.2 Å². The van der Waals surface area contributed by atoms with Gasteiger partial charge in [0.15, 0.2) is 0 Å². The fourth-order valence-corrected chi connectivity index (χ4v) is 2.01. The van der Waals surface area contributed by atoms with Crippen LogP contribution in [0, 0.1) is 0 Å². The molecule has 6 nitrogen and oxygen atoms in total. The molecule has 16 heavy (non-hydrogen) atoms. The summed E-state index contributed by atoms with van der Waals surface area (Å²) in [5.41, 5.74) is 9.54. The van der Waals surface area contributed by atoms with Crippen LogP contribution in [0.2, 0.25) is 0 Å². The molecule has 0 aliphatic heterocycles. The molecule has 0 spiro atoms. The summed E-state index contributed by atoms with van der Waals surface area (Å²) in [4.78, 5) is 15.3. The van der Waals surface area contributed by atoms with E-state index in [0.29, 0.717) is 6.54 Å². The highest BCUT2D eigenvalue weighted by atomic mass is 79.9. The molecule has 1 aromatic heterocycles. The van der Waals surface area contributed by atoms with Crippen LogP contribution in [0.25, 0.3) is 0 Å². The van der Waals surface area contributed by atoms with Crippen molar-refractivity contribution in [2.24, 2.45) is 12.8 Å². The highest BCUT2D eigenvalue weighted by Crippen LogP contribution is 2.21. The van der Waals surface area contributed by atoms with Gasteiger partial charge >= 0.3 is 0 Å². The van der Waals surface area contributed by atoms with E-state index < -0.39 is 5.91 Å². The quantitative estimate of drug-likeness (QED) is 0.581. The summed E-state index contributed by atoms with van der Waals surface area (Å²) in [6.45, 7) is 2.35. The maximum Gasteiger partial charge on any atom is 0.245 e. The summed E-state index contributed by atoms with van der Waals surface area (Å²) in [7, 11) is 1.86. The molecule has 0 radical (unpaired) electrons. The minimum absolute atomic E-state index is 0.143. The second-order valence-electron chi connectivity index (χ2n) is 3.26. The first-order chi connectivity index (χ1) is 7.56. The van der Waals surface area contributed by atoms with Gasteiger partial charge in [-0.1, -0.05) is 6.92 Å². The largest absolute Gasteiger partial charge is 0.368 e. The molecule has 1 aromatic rings. The van der Waals surface area contributed by atoms with E-state index in [2.05, 4.69) is 26.5 Å². The molecule has 0 fully saturated rings. The van der Waals surface area contributed by atoms with E-state index >= 15 is 0 Å². The van der Waals surface area contributed by atoms with Crippen LogP contribution in [0.3, 0.4) is 0 Å². The number of carbonyl (C=O) groups excluding carboxylic acids is 1. The van der Waals surface area contributed by atoms with Gasteiger partial charge in [-0.2, -0.15) is 10.6 Å². The summed E-state index contributed by atoms with van der Waals surface area (Å²) in [5.74, 6) is -0.509. The molecule has 0 aromatic carbocycles. The fraction of sp³-hybridized carbons (Fsp3) is 0.556. The molecule has 3 N–H and O–H groups in total. The first-order valence-corrected chi connectivity index (χ1v) is 5.68. The Labute approximate surface area is 102 Å². The van der Waals surface area contributed by atoms with Crippen LogP contribution in [-0.2, 0) is 29.6 Å². The van der Waals surface area contributed by atoms with Crippen molar-refractivity contribution in [3.8, 4) is 0 Å². The Morgan fingerprint density at radius 1 is 1.69 bits per heavy atom. The minimum atomic E-state index is -0.509. The highest BCUT2D eigenvalue weighted by molar-refractivity contribution is 9.10. The SMILES string of the molecule is CCc1nn(C)c(CNOCC(N)=O)c1Br. The van der Waals surface area contributed by atoms with Gasteiger partial charge in [0.05, 0.1) is 22.4 Å².